The second-order valence-corrected chi connectivity index (χ2v) is 3.51. The Labute approximate surface area is 74.3 Å². The van der Waals surface area contributed by atoms with E-state index in [1.807, 2.05) is 6.92 Å². The van der Waals surface area contributed by atoms with Gasteiger partial charge in [-0.3, -0.25) is 4.79 Å². The summed E-state index contributed by atoms with van der Waals surface area (Å²) in [6.45, 7) is 4.93. The largest absolute Gasteiger partial charge is 0.375 e. The Kier molecular flexibility index (Phi) is 3.27. The van der Waals surface area contributed by atoms with Crippen molar-refractivity contribution in [3.8, 4) is 0 Å². The molecule has 0 saturated heterocycles. The molecule has 0 N–H and O–H groups in total. The quantitative estimate of drug-likeness (QED) is 0.649. The number of ketones is 1. The van der Waals surface area contributed by atoms with Crippen LogP contribution in [0.15, 0.2) is 0 Å². The molecule has 2 nitrogen and oxygen atoms in total. The van der Waals surface area contributed by atoms with E-state index in [0.717, 1.165) is 25.9 Å². The molecule has 1 aliphatic rings. The minimum atomic E-state index is 0.0304. The summed E-state index contributed by atoms with van der Waals surface area (Å²) in [5.41, 5.74) is 0.0304. The minimum Gasteiger partial charge on any atom is -0.375 e. The van der Waals surface area contributed by atoms with E-state index in [1.165, 1.54) is 0 Å². The zero-order chi connectivity index (χ0) is 9.03. The second kappa shape index (κ2) is 4.04. The van der Waals surface area contributed by atoms with Gasteiger partial charge in [0, 0.05) is 19.4 Å². The summed E-state index contributed by atoms with van der Waals surface area (Å²) in [7, 11) is 0. The second-order valence-electron chi connectivity index (χ2n) is 3.51. The van der Waals surface area contributed by atoms with Crippen LogP contribution in [-0.2, 0) is 9.53 Å². The molecular weight excluding hydrogens is 152 g/mol. The van der Waals surface area contributed by atoms with Gasteiger partial charge in [-0.2, -0.15) is 0 Å². The van der Waals surface area contributed by atoms with Crippen LogP contribution in [0.1, 0.15) is 46.0 Å². The summed E-state index contributed by atoms with van der Waals surface area (Å²) in [5, 5.41) is 0. The first-order valence-electron chi connectivity index (χ1n) is 4.88. The number of Topliss-reactive ketones (excluding diaryl/α,β-unsaturated/α-hetero) is 1. The molecule has 0 amide bonds. The maximum absolute atomic E-state index is 11.0. The lowest BCUT2D eigenvalue weighted by molar-refractivity contribution is -0.129. The standard InChI is InChI=1S/C10H18O2/c1-3-10(12-4-2)7-5-9(11)6-8-10/h3-8H2,1-2H3. The van der Waals surface area contributed by atoms with Crippen LogP contribution < -0.4 is 0 Å². The molecule has 0 bridgehead atoms. The lowest BCUT2D eigenvalue weighted by Gasteiger charge is -2.35. The number of rotatable bonds is 3. The molecule has 0 aliphatic heterocycles. The highest BCUT2D eigenvalue weighted by molar-refractivity contribution is 5.79. The third kappa shape index (κ3) is 2.07. The molecule has 70 valence electrons. The van der Waals surface area contributed by atoms with Crippen molar-refractivity contribution in [2.75, 3.05) is 6.61 Å². The van der Waals surface area contributed by atoms with E-state index in [0.29, 0.717) is 18.6 Å². The van der Waals surface area contributed by atoms with Crippen molar-refractivity contribution in [1.82, 2.24) is 0 Å². The predicted octanol–water partition coefficient (Wildman–Crippen LogP) is 2.31. The van der Waals surface area contributed by atoms with E-state index in [1.54, 1.807) is 0 Å². The van der Waals surface area contributed by atoms with Gasteiger partial charge < -0.3 is 4.74 Å². The molecule has 0 radical (unpaired) electrons. The zero-order valence-electron chi connectivity index (χ0n) is 8.06. The zero-order valence-corrected chi connectivity index (χ0v) is 8.06. The molecule has 0 aromatic carbocycles. The highest BCUT2D eigenvalue weighted by Crippen LogP contribution is 2.32. The fourth-order valence-corrected chi connectivity index (χ4v) is 1.89. The maximum atomic E-state index is 11.0. The molecule has 2 heteroatoms. The van der Waals surface area contributed by atoms with Gasteiger partial charge >= 0.3 is 0 Å². The van der Waals surface area contributed by atoms with Crippen molar-refractivity contribution in [1.29, 1.82) is 0 Å². The number of hydrogen-bond acceptors (Lipinski definition) is 2. The van der Waals surface area contributed by atoms with E-state index < -0.39 is 0 Å². The summed E-state index contributed by atoms with van der Waals surface area (Å²) >= 11 is 0. The fourth-order valence-electron chi connectivity index (χ4n) is 1.89. The molecule has 1 fully saturated rings. The average molecular weight is 170 g/mol. The van der Waals surface area contributed by atoms with E-state index in [2.05, 4.69) is 6.92 Å². The molecule has 1 aliphatic carbocycles. The number of carbonyl (C=O) groups excluding carboxylic acids is 1. The lowest BCUT2D eigenvalue weighted by atomic mass is 9.82. The number of ether oxygens (including phenoxy) is 1. The molecule has 1 saturated carbocycles. The summed E-state index contributed by atoms with van der Waals surface area (Å²) < 4.78 is 5.72. The van der Waals surface area contributed by atoms with Crippen molar-refractivity contribution >= 4 is 5.78 Å². The summed E-state index contributed by atoms with van der Waals surface area (Å²) in [6, 6.07) is 0. The average Bonchev–Trinajstić information content (AvgIpc) is 2.10. The third-order valence-electron chi connectivity index (χ3n) is 2.81. The Morgan fingerprint density at radius 2 is 1.92 bits per heavy atom. The van der Waals surface area contributed by atoms with Crippen LogP contribution in [0.2, 0.25) is 0 Å². The molecule has 0 aromatic rings. The summed E-state index contributed by atoms with van der Waals surface area (Å²) in [6.07, 6.45) is 4.32. The number of carbonyl (C=O) groups is 1. The molecule has 0 unspecified atom stereocenters. The van der Waals surface area contributed by atoms with Gasteiger partial charge in [0.25, 0.3) is 0 Å². The highest BCUT2D eigenvalue weighted by atomic mass is 16.5. The van der Waals surface area contributed by atoms with Gasteiger partial charge in [-0.15, -0.1) is 0 Å². The molecule has 0 spiro atoms. The van der Waals surface area contributed by atoms with Gasteiger partial charge in [-0.1, -0.05) is 6.92 Å². The molecule has 0 heterocycles. The SMILES string of the molecule is CCOC1(CC)CCC(=O)CC1. The van der Waals surface area contributed by atoms with Crippen LogP contribution in [0.25, 0.3) is 0 Å². The van der Waals surface area contributed by atoms with E-state index >= 15 is 0 Å². The van der Waals surface area contributed by atoms with E-state index in [4.69, 9.17) is 4.74 Å². The first kappa shape index (κ1) is 9.72. The van der Waals surface area contributed by atoms with Gasteiger partial charge in [-0.25, -0.2) is 0 Å². The Balaban J connectivity index is 2.50. The Hall–Kier alpha value is -0.370. The summed E-state index contributed by atoms with van der Waals surface area (Å²) in [4.78, 5) is 11.0. The molecule has 0 aromatic heterocycles. The van der Waals surface area contributed by atoms with Gasteiger partial charge in [0.15, 0.2) is 0 Å². The predicted molar refractivity (Wildman–Crippen MR) is 48.1 cm³/mol. The van der Waals surface area contributed by atoms with E-state index in [-0.39, 0.29) is 5.60 Å². The highest BCUT2D eigenvalue weighted by Gasteiger charge is 2.33. The van der Waals surface area contributed by atoms with Crippen molar-refractivity contribution < 1.29 is 9.53 Å². The Morgan fingerprint density at radius 1 is 1.33 bits per heavy atom. The monoisotopic (exact) mass is 170 g/mol. The van der Waals surface area contributed by atoms with Gasteiger partial charge in [0.05, 0.1) is 5.60 Å². The van der Waals surface area contributed by atoms with Crippen molar-refractivity contribution in [3.63, 3.8) is 0 Å². The maximum Gasteiger partial charge on any atom is 0.133 e. The Bertz CT molecular complexity index is 153. The van der Waals surface area contributed by atoms with Crippen molar-refractivity contribution in [3.05, 3.63) is 0 Å². The molecular formula is C10H18O2. The van der Waals surface area contributed by atoms with Crippen molar-refractivity contribution in [2.45, 2.75) is 51.6 Å². The smallest absolute Gasteiger partial charge is 0.133 e. The Morgan fingerprint density at radius 3 is 2.33 bits per heavy atom. The topological polar surface area (TPSA) is 26.3 Å². The van der Waals surface area contributed by atoms with Crippen LogP contribution in [0.5, 0.6) is 0 Å². The van der Waals surface area contributed by atoms with Gasteiger partial charge in [0.1, 0.15) is 5.78 Å². The number of hydrogen-bond donors (Lipinski definition) is 0. The fraction of sp³-hybridized carbons (Fsp3) is 0.900. The third-order valence-corrected chi connectivity index (χ3v) is 2.81. The van der Waals surface area contributed by atoms with Crippen LogP contribution in [-0.4, -0.2) is 18.0 Å². The first-order valence-corrected chi connectivity index (χ1v) is 4.88. The molecule has 12 heavy (non-hydrogen) atoms. The van der Waals surface area contributed by atoms with Crippen molar-refractivity contribution in [2.24, 2.45) is 0 Å². The summed E-state index contributed by atoms with van der Waals surface area (Å²) in [5.74, 6) is 0.402. The normalized spacial score (nSPS) is 22.7. The molecule has 0 atom stereocenters. The minimum absolute atomic E-state index is 0.0304. The first-order chi connectivity index (χ1) is 5.72. The van der Waals surface area contributed by atoms with Crippen LogP contribution in [0.3, 0.4) is 0 Å². The van der Waals surface area contributed by atoms with Crippen LogP contribution in [0.4, 0.5) is 0 Å². The van der Waals surface area contributed by atoms with Crippen LogP contribution >= 0.6 is 0 Å². The van der Waals surface area contributed by atoms with Crippen LogP contribution in [0, 0.1) is 0 Å². The molecule has 1 rings (SSSR count). The van der Waals surface area contributed by atoms with E-state index in [9.17, 15) is 4.79 Å². The van der Waals surface area contributed by atoms with Gasteiger partial charge in [-0.05, 0) is 26.2 Å². The van der Waals surface area contributed by atoms with Gasteiger partial charge in [0.2, 0.25) is 0 Å². The lowest BCUT2D eigenvalue weighted by Crippen LogP contribution is -2.36.